The molecule has 0 aromatic heterocycles. The van der Waals surface area contributed by atoms with Crippen LogP contribution in [-0.4, -0.2) is 96.0 Å². The fourth-order valence-electron chi connectivity index (χ4n) is 6.84. The Hall–Kier alpha value is -3.14. The summed E-state index contributed by atoms with van der Waals surface area (Å²) in [5.41, 5.74) is 2.83. The molecular formula is C32H42ClN5O4. The van der Waals surface area contributed by atoms with Crippen LogP contribution in [0.3, 0.4) is 0 Å². The van der Waals surface area contributed by atoms with Gasteiger partial charge in [0.2, 0.25) is 0 Å². The zero-order valence-corrected chi connectivity index (χ0v) is 25.6. The number of piperidine rings is 2. The summed E-state index contributed by atoms with van der Waals surface area (Å²) < 4.78 is 5.86. The summed E-state index contributed by atoms with van der Waals surface area (Å²) in [7, 11) is 4.18. The van der Waals surface area contributed by atoms with E-state index in [4.69, 9.17) is 16.3 Å². The summed E-state index contributed by atoms with van der Waals surface area (Å²) in [6.45, 7) is 4.48. The van der Waals surface area contributed by atoms with Crippen LogP contribution in [0.5, 0.6) is 0 Å². The maximum atomic E-state index is 13.8. The van der Waals surface area contributed by atoms with Gasteiger partial charge in [0.15, 0.2) is 0 Å². The molecule has 3 amide bonds. The lowest BCUT2D eigenvalue weighted by atomic mass is 9.84. The van der Waals surface area contributed by atoms with Crippen molar-refractivity contribution in [1.29, 1.82) is 0 Å². The summed E-state index contributed by atoms with van der Waals surface area (Å²) in [4.78, 5) is 47.8. The first kappa shape index (κ1) is 30.3. The SMILES string of the molecule is Cc1ccc(COC(=O)N2CC[C@@H](N3CCc4ccccc4NC3=O)C[C@@]2(CC=O)N2CCC(N(C)C)CC2)cc1Cl. The van der Waals surface area contributed by atoms with Gasteiger partial charge >= 0.3 is 12.1 Å². The van der Waals surface area contributed by atoms with E-state index in [0.29, 0.717) is 37.0 Å². The van der Waals surface area contributed by atoms with Gasteiger partial charge in [0.25, 0.3) is 0 Å². The summed E-state index contributed by atoms with van der Waals surface area (Å²) in [6, 6.07) is 13.7. The van der Waals surface area contributed by atoms with Crippen LogP contribution in [0, 0.1) is 6.92 Å². The monoisotopic (exact) mass is 595 g/mol. The molecule has 1 N–H and O–H groups in total. The quantitative estimate of drug-likeness (QED) is 0.446. The fourth-order valence-corrected chi connectivity index (χ4v) is 7.05. The molecule has 3 aliphatic rings. The third-order valence-electron chi connectivity index (χ3n) is 9.35. The lowest BCUT2D eigenvalue weighted by molar-refractivity contribution is -0.128. The number of amides is 3. The Morgan fingerprint density at radius 1 is 1.12 bits per heavy atom. The van der Waals surface area contributed by atoms with Crippen LogP contribution in [0.4, 0.5) is 15.3 Å². The number of urea groups is 1. The second-order valence-corrected chi connectivity index (χ2v) is 12.4. The minimum atomic E-state index is -0.886. The first-order valence-electron chi connectivity index (χ1n) is 14.9. The molecule has 10 heteroatoms. The highest BCUT2D eigenvalue weighted by Gasteiger charge is 2.51. The Balaban J connectivity index is 1.40. The van der Waals surface area contributed by atoms with Crippen molar-refractivity contribution in [3.05, 3.63) is 64.2 Å². The largest absolute Gasteiger partial charge is 0.444 e. The lowest BCUT2D eigenvalue weighted by Gasteiger charge is -2.56. The Morgan fingerprint density at radius 2 is 1.88 bits per heavy atom. The molecule has 0 bridgehead atoms. The number of benzene rings is 2. The van der Waals surface area contributed by atoms with Crippen LogP contribution >= 0.6 is 11.6 Å². The number of ether oxygens (including phenoxy) is 1. The van der Waals surface area contributed by atoms with E-state index in [-0.39, 0.29) is 25.1 Å². The highest BCUT2D eigenvalue weighted by molar-refractivity contribution is 6.31. The molecule has 0 radical (unpaired) electrons. The van der Waals surface area contributed by atoms with Crippen LogP contribution in [0.25, 0.3) is 0 Å². The standard InChI is InChI=1S/C32H42ClN5O4/c1-23-8-9-24(20-28(23)33)22-42-31(41)38-18-13-27(37-17-10-25-6-4-5-7-29(25)34-30(37)40)21-32(38,14-19-39)36-15-11-26(12-16-36)35(2)3/h4-9,19-20,26-27H,10-18,21-22H2,1-3H3,(H,34,40)/t27-,32+/m1/s1. The van der Waals surface area contributed by atoms with E-state index in [1.807, 2.05) is 54.3 Å². The Kier molecular flexibility index (Phi) is 9.40. The molecule has 9 nitrogen and oxygen atoms in total. The van der Waals surface area contributed by atoms with Crippen LogP contribution in [0.15, 0.2) is 42.5 Å². The number of nitrogens with zero attached hydrogens (tertiary/aromatic N) is 4. The number of likely N-dealkylation sites (tertiary alicyclic amines) is 2. The van der Waals surface area contributed by atoms with Crippen LogP contribution in [-0.2, 0) is 22.6 Å². The Bertz CT molecular complexity index is 1300. The molecule has 3 heterocycles. The zero-order chi connectivity index (χ0) is 29.9. The number of carbonyl (C=O) groups excluding carboxylic acids is 3. The van der Waals surface area contributed by atoms with E-state index in [9.17, 15) is 14.4 Å². The van der Waals surface area contributed by atoms with Gasteiger partial charge in [0.05, 0.1) is 0 Å². The fraction of sp³-hybridized carbons (Fsp3) is 0.531. The van der Waals surface area contributed by atoms with Gasteiger partial charge in [-0.15, -0.1) is 0 Å². The molecule has 0 unspecified atom stereocenters. The van der Waals surface area contributed by atoms with Gasteiger partial charge in [-0.25, -0.2) is 9.59 Å². The van der Waals surface area contributed by atoms with Crippen molar-refractivity contribution in [3.8, 4) is 0 Å². The van der Waals surface area contributed by atoms with E-state index >= 15 is 0 Å². The van der Waals surface area contributed by atoms with Crippen molar-refractivity contribution < 1.29 is 19.1 Å². The second kappa shape index (κ2) is 13.0. The molecule has 2 saturated heterocycles. The van der Waals surface area contributed by atoms with Crippen LogP contribution in [0.2, 0.25) is 5.02 Å². The normalized spacial score (nSPS) is 23.7. The van der Waals surface area contributed by atoms with E-state index in [0.717, 1.165) is 61.0 Å². The number of hydrogen-bond donors (Lipinski definition) is 1. The van der Waals surface area contributed by atoms with E-state index < -0.39 is 11.8 Å². The van der Waals surface area contributed by atoms with Gasteiger partial charge in [0, 0.05) is 61.8 Å². The van der Waals surface area contributed by atoms with E-state index in [1.165, 1.54) is 0 Å². The van der Waals surface area contributed by atoms with Crippen molar-refractivity contribution in [2.75, 3.05) is 45.6 Å². The van der Waals surface area contributed by atoms with Crippen molar-refractivity contribution >= 4 is 35.7 Å². The molecule has 2 aromatic rings. The molecule has 2 aromatic carbocycles. The average molecular weight is 596 g/mol. The number of anilines is 1. The molecule has 226 valence electrons. The highest BCUT2D eigenvalue weighted by Crippen LogP contribution is 2.39. The number of aryl methyl sites for hydroxylation is 1. The Labute approximate surface area is 253 Å². The summed E-state index contributed by atoms with van der Waals surface area (Å²) >= 11 is 6.31. The third kappa shape index (κ3) is 6.28. The van der Waals surface area contributed by atoms with Gasteiger partial charge < -0.3 is 24.6 Å². The molecule has 3 aliphatic heterocycles. The van der Waals surface area contributed by atoms with Gasteiger partial charge in [-0.05, 0) is 75.5 Å². The molecule has 0 spiro atoms. The van der Waals surface area contributed by atoms with Crippen molar-refractivity contribution in [3.63, 3.8) is 0 Å². The summed E-state index contributed by atoms with van der Waals surface area (Å²) in [5, 5.41) is 3.72. The molecule has 0 saturated carbocycles. The predicted octanol–water partition coefficient (Wildman–Crippen LogP) is 5.15. The number of halogens is 1. The molecule has 42 heavy (non-hydrogen) atoms. The van der Waals surface area contributed by atoms with E-state index in [2.05, 4.69) is 29.2 Å². The first-order chi connectivity index (χ1) is 20.2. The number of aldehydes is 1. The minimum absolute atomic E-state index is 0.0887. The zero-order valence-electron chi connectivity index (χ0n) is 24.9. The molecule has 2 atom stereocenters. The van der Waals surface area contributed by atoms with Crippen molar-refractivity contribution in [1.82, 2.24) is 19.6 Å². The number of para-hydroxylation sites is 1. The average Bonchev–Trinajstić information content (AvgIpc) is 3.15. The molecule has 2 fully saturated rings. The molecule has 5 rings (SSSR count). The topological polar surface area (TPSA) is 85.4 Å². The van der Waals surface area contributed by atoms with Crippen LogP contribution in [0.1, 0.15) is 48.8 Å². The molecule has 0 aliphatic carbocycles. The van der Waals surface area contributed by atoms with Gasteiger partial charge in [-0.2, -0.15) is 0 Å². The van der Waals surface area contributed by atoms with Crippen molar-refractivity contribution in [2.24, 2.45) is 0 Å². The van der Waals surface area contributed by atoms with Gasteiger partial charge in [-0.3, -0.25) is 9.80 Å². The number of hydrogen-bond acceptors (Lipinski definition) is 6. The third-order valence-corrected chi connectivity index (χ3v) is 9.75. The van der Waals surface area contributed by atoms with Gasteiger partial charge in [0.1, 0.15) is 18.6 Å². The van der Waals surface area contributed by atoms with Crippen LogP contribution < -0.4 is 5.32 Å². The number of nitrogens with one attached hydrogen (secondary N) is 1. The lowest BCUT2D eigenvalue weighted by Crippen LogP contribution is -2.69. The smallest absolute Gasteiger partial charge is 0.411 e. The maximum absolute atomic E-state index is 13.8. The van der Waals surface area contributed by atoms with Gasteiger partial charge in [-0.1, -0.05) is 41.9 Å². The number of rotatable bonds is 7. The number of fused-ring (bicyclic) bond motifs is 1. The second-order valence-electron chi connectivity index (χ2n) is 12.0. The minimum Gasteiger partial charge on any atom is -0.444 e. The highest BCUT2D eigenvalue weighted by atomic mass is 35.5. The maximum Gasteiger partial charge on any atom is 0.411 e. The Morgan fingerprint density at radius 3 is 2.60 bits per heavy atom. The summed E-state index contributed by atoms with van der Waals surface area (Å²) in [6.07, 6.45) is 4.30. The molecular weight excluding hydrogens is 554 g/mol. The van der Waals surface area contributed by atoms with E-state index in [1.54, 1.807) is 4.90 Å². The van der Waals surface area contributed by atoms with Crippen molar-refractivity contribution in [2.45, 2.75) is 69.8 Å². The number of carbonyl (C=O) groups is 3. The predicted molar refractivity (Wildman–Crippen MR) is 164 cm³/mol. The first-order valence-corrected chi connectivity index (χ1v) is 15.3. The summed E-state index contributed by atoms with van der Waals surface area (Å²) in [5.74, 6) is 0.